The Labute approximate surface area is 132 Å². The summed E-state index contributed by atoms with van der Waals surface area (Å²) in [6.07, 6.45) is -1.80. The number of amides is 3. The molecule has 0 saturated carbocycles. The number of anilines is 2. The number of carbonyl (C=O) groups is 2. The second-order valence-electron chi connectivity index (χ2n) is 4.56. The number of nitrogens with zero attached hydrogens (tertiary/aromatic N) is 1. The minimum atomic E-state index is -0.792. The Morgan fingerprint density at radius 2 is 2.18 bits per heavy atom. The highest BCUT2D eigenvalue weighted by atomic mass is 35.5. The second-order valence-corrected chi connectivity index (χ2v) is 4.87. The van der Waals surface area contributed by atoms with Gasteiger partial charge >= 0.3 is 12.1 Å². The number of ether oxygens (including phenoxy) is 1. The Morgan fingerprint density at radius 1 is 1.45 bits per heavy atom. The fraction of sp³-hybridized carbons (Fsp3) is 0.385. The number of hydrogen-bond acceptors (Lipinski definition) is 5. The number of urea groups is 1. The van der Waals surface area contributed by atoms with Crippen LogP contribution < -0.4 is 21.0 Å². The van der Waals surface area contributed by atoms with Crippen molar-refractivity contribution < 1.29 is 19.2 Å². The van der Waals surface area contributed by atoms with E-state index in [9.17, 15) is 9.59 Å². The molecule has 0 aromatic heterocycles. The monoisotopic (exact) mass is 328 g/mol. The molecule has 9 heteroatoms. The van der Waals surface area contributed by atoms with Crippen LogP contribution in [0.2, 0.25) is 0 Å². The molecule has 1 aromatic rings. The maximum atomic E-state index is 12.3. The van der Waals surface area contributed by atoms with Crippen LogP contribution in [0.3, 0.4) is 0 Å². The molecule has 120 valence electrons. The van der Waals surface area contributed by atoms with E-state index in [0.717, 1.165) is 0 Å². The number of alkyl halides is 1. The standard InChI is InChI=1S/C13H17ClN4O4/c1-8(7-14)22-17-12(19)18-10-6-4-3-5-9(10)15-11(18)16-13(20)21-2/h3-6,8,11,15H,7H2,1-2H3,(H,16,20)(H,17,19). The number of methoxy groups -OCH3 is 1. The molecule has 0 radical (unpaired) electrons. The fourth-order valence-electron chi connectivity index (χ4n) is 1.89. The molecule has 2 atom stereocenters. The Balaban J connectivity index is 2.15. The Hall–Kier alpha value is -2.19. The Kier molecular flexibility index (Phi) is 5.29. The van der Waals surface area contributed by atoms with Crippen LogP contribution in [0.15, 0.2) is 24.3 Å². The molecular weight excluding hydrogens is 312 g/mol. The average Bonchev–Trinajstić information content (AvgIpc) is 2.89. The smallest absolute Gasteiger partial charge is 0.409 e. The summed E-state index contributed by atoms with van der Waals surface area (Å²) >= 11 is 5.62. The second kappa shape index (κ2) is 7.19. The normalized spacial score (nSPS) is 17.2. The molecule has 1 aromatic carbocycles. The summed E-state index contributed by atoms with van der Waals surface area (Å²) in [7, 11) is 1.24. The van der Waals surface area contributed by atoms with Crippen LogP contribution in [0.25, 0.3) is 0 Å². The highest BCUT2D eigenvalue weighted by Gasteiger charge is 2.35. The van der Waals surface area contributed by atoms with Crippen LogP contribution in [0.5, 0.6) is 0 Å². The topological polar surface area (TPSA) is 91.9 Å². The maximum Gasteiger partial charge on any atom is 0.409 e. The van der Waals surface area contributed by atoms with Gasteiger partial charge in [0.2, 0.25) is 0 Å². The van der Waals surface area contributed by atoms with Gasteiger partial charge in [0.1, 0.15) is 0 Å². The minimum Gasteiger partial charge on any atom is -0.453 e. The van der Waals surface area contributed by atoms with E-state index in [0.29, 0.717) is 11.4 Å². The molecule has 0 aliphatic carbocycles. The Morgan fingerprint density at radius 3 is 2.86 bits per heavy atom. The van der Waals surface area contributed by atoms with Gasteiger partial charge in [-0.15, -0.1) is 11.6 Å². The third kappa shape index (κ3) is 3.52. The first-order valence-electron chi connectivity index (χ1n) is 6.57. The number of benzene rings is 1. The van der Waals surface area contributed by atoms with Gasteiger partial charge in [0.05, 0.1) is 30.5 Å². The van der Waals surface area contributed by atoms with Gasteiger partial charge in [-0.2, -0.15) is 0 Å². The van der Waals surface area contributed by atoms with Crippen molar-refractivity contribution in [1.82, 2.24) is 10.8 Å². The van der Waals surface area contributed by atoms with Crippen molar-refractivity contribution in [3.8, 4) is 0 Å². The number of carbonyl (C=O) groups excluding carboxylic acids is 2. The van der Waals surface area contributed by atoms with E-state index >= 15 is 0 Å². The van der Waals surface area contributed by atoms with E-state index in [4.69, 9.17) is 16.4 Å². The molecule has 2 rings (SSSR count). The summed E-state index contributed by atoms with van der Waals surface area (Å²) in [5.41, 5.74) is 3.61. The number of hydrogen-bond donors (Lipinski definition) is 3. The summed E-state index contributed by atoms with van der Waals surface area (Å²) in [4.78, 5) is 30.2. The van der Waals surface area contributed by atoms with Crippen LogP contribution >= 0.6 is 11.6 Å². The van der Waals surface area contributed by atoms with E-state index in [1.54, 1.807) is 25.1 Å². The van der Waals surface area contributed by atoms with Gasteiger partial charge < -0.3 is 10.1 Å². The van der Waals surface area contributed by atoms with Gasteiger partial charge in [-0.3, -0.25) is 15.1 Å². The lowest BCUT2D eigenvalue weighted by Crippen LogP contribution is -2.55. The zero-order chi connectivity index (χ0) is 16.1. The predicted octanol–water partition coefficient (Wildman–Crippen LogP) is 1.83. The lowest BCUT2D eigenvalue weighted by Gasteiger charge is -2.25. The van der Waals surface area contributed by atoms with Crippen LogP contribution in [0.4, 0.5) is 21.0 Å². The summed E-state index contributed by atoms with van der Waals surface area (Å²) < 4.78 is 4.56. The van der Waals surface area contributed by atoms with E-state index < -0.39 is 18.4 Å². The predicted molar refractivity (Wildman–Crippen MR) is 81.7 cm³/mol. The SMILES string of the molecule is COC(=O)NC1Nc2ccccc2N1C(=O)NOC(C)CCl. The molecule has 1 heterocycles. The minimum absolute atomic E-state index is 0.235. The lowest BCUT2D eigenvalue weighted by atomic mass is 10.3. The molecule has 3 N–H and O–H groups in total. The van der Waals surface area contributed by atoms with Crippen LogP contribution in [-0.4, -0.2) is 37.5 Å². The van der Waals surface area contributed by atoms with Gasteiger partial charge in [0.25, 0.3) is 0 Å². The van der Waals surface area contributed by atoms with Crippen LogP contribution in [0, 0.1) is 0 Å². The molecule has 0 saturated heterocycles. The van der Waals surface area contributed by atoms with Crippen molar-refractivity contribution in [1.29, 1.82) is 0 Å². The van der Waals surface area contributed by atoms with Gasteiger partial charge in [0.15, 0.2) is 6.29 Å². The summed E-state index contributed by atoms with van der Waals surface area (Å²) in [6, 6.07) is 6.58. The third-order valence-electron chi connectivity index (χ3n) is 2.94. The molecule has 22 heavy (non-hydrogen) atoms. The molecule has 3 amide bonds. The maximum absolute atomic E-state index is 12.3. The van der Waals surface area contributed by atoms with Crippen molar-refractivity contribution in [2.75, 3.05) is 23.2 Å². The number of hydroxylamine groups is 1. The van der Waals surface area contributed by atoms with Crippen molar-refractivity contribution in [2.24, 2.45) is 0 Å². The van der Waals surface area contributed by atoms with Crippen molar-refractivity contribution in [3.05, 3.63) is 24.3 Å². The van der Waals surface area contributed by atoms with Crippen molar-refractivity contribution in [3.63, 3.8) is 0 Å². The molecule has 0 fully saturated rings. The summed E-state index contributed by atoms with van der Waals surface area (Å²) in [5.74, 6) is 0.235. The first-order valence-corrected chi connectivity index (χ1v) is 7.11. The molecule has 8 nitrogen and oxygen atoms in total. The van der Waals surface area contributed by atoms with Gasteiger partial charge in [0, 0.05) is 0 Å². The molecule has 0 spiro atoms. The van der Waals surface area contributed by atoms with Crippen LogP contribution in [-0.2, 0) is 9.57 Å². The number of para-hydroxylation sites is 2. The molecular formula is C13H17ClN4O4. The third-order valence-corrected chi connectivity index (χ3v) is 3.37. The fourth-order valence-corrected chi connectivity index (χ4v) is 1.95. The highest BCUT2D eigenvalue weighted by molar-refractivity contribution is 6.18. The molecule has 2 unspecified atom stereocenters. The summed E-state index contributed by atoms with van der Waals surface area (Å²) in [5, 5.41) is 5.52. The summed E-state index contributed by atoms with van der Waals surface area (Å²) in [6.45, 7) is 1.72. The van der Waals surface area contributed by atoms with Crippen LogP contribution in [0.1, 0.15) is 6.92 Å². The van der Waals surface area contributed by atoms with E-state index in [-0.39, 0.29) is 12.0 Å². The number of alkyl carbamates (subject to hydrolysis) is 1. The highest BCUT2D eigenvalue weighted by Crippen LogP contribution is 2.33. The quantitative estimate of drug-likeness (QED) is 0.579. The first kappa shape index (κ1) is 16.2. The van der Waals surface area contributed by atoms with Crippen molar-refractivity contribution in [2.45, 2.75) is 19.3 Å². The van der Waals surface area contributed by atoms with E-state index in [1.807, 2.05) is 6.07 Å². The first-order chi connectivity index (χ1) is 10.6. The zero-order valence-electron chi connectivity index (χ0n) is 12.1. The largest absolute Gasteiger partial charge is 0.453 e. The molecule has 1 aliphatic rings. The average molecular weight is 329 g/mol. The molecule has 1 aliphatic heterocycles. The Bertz CT molecular complexity index is 557. The van der Waals surface area contributed by atoms with E-state index in [1.165, 1.54) is 12.0 Å². The number of fused-ring (bicyclic) bond motifs is 1. The van der Waals surface area contributed by atoms with Gasteiger partial charge in [-0.05, 0) is 19.1 Å². The lowest BCUT2D eigenvalue weighted by molar-refractivity contribution is 0.0196. The number of rotatable bonds is 4. The van der Waals surface area contributed by atoms with Gasteiger partial charge in [-0.25, -0.2) is 15.1 Å². The van der Waals surface area contributed by atoms with E-state index in [2.05, 4.69) is 20.9 Å². The van der Waals surface area contributed by atoms with Crippen molar-refractivity contribution >= 4 is 35.1 Å². The molecule has 0 bridgehead atoms. The number of halogens is 1. The number of nitrogens with one attached hydrogen (secondary N) is 3. The zero-order valence-corrected chi connectivity index (χ0v) is 12.9. The van der Waals surface area contributed by atoms with Gasteiger partial charge in [-0.1, -0.05) is 12.1 Å².